The van der Waals surface area contributed by atoms with Crippen molar-refractivity contribution < 1.29 is 23.5 Å². The first-order chi connectivity index (χ1) is 19.5. The van der Waals surface area contributed by atoms with Crippen LogP contribution in [0.2, 0.25) is 0 Å². The number of pyridine rings is 2. The Kier molecular flexibility index (Phi) is 8.29. The molecule has 1 fully saturated rings. The largest absolute Gasteiger partial charge is 0.481 e. The van der Waals surface area contributed by atoms with Crippen molar-refractivity contribution in [2.45, 2.75) is 19.1 Å². The third kappa shape index (κ3) is 5.93. The van der Waals surface area contributed by atoms with E-state index in [1.165, 1.54) is 12.3 Å². The van der Waals surface area contributed by atoms with Crippen LogP contribution in [-0.4, -0.2) is 70.8 Å². The zero-order chi connectivity index (χ0) is 28.1. The number of rotatable bonds is 9. The Morgan fingerprint density at radius 2 is 1.98 bits per heavy atom. The molecular formula is C28H30FN7O4. The fourth-order valence-electron chi connectivity index (χ4n) is 4.56. The first-order valence-electron chi connectivity index (χ1n) is 12.7. The topological polar surface area (TPSA) is 116 Å². The molecule has 12 heteroatoms. The number of hydrogen-bond donors (Lipinski definition) is 2. The Hall–Kier alpha value is -4.39. The molecule has 0 aliphatic carbocycles. The molecule has 3 aromatic heterocycles. The molecule has 11 nitrogen and oxygen atoms in total. The van der Waals surface area contributed by atoms with Crippen LogP contribution < -0.4 is 15.4 Å². The van der Waals surface area contributed by atoms with Gasteiger partial charge in [0.1, 0.15) is 11.9 Å². The van der Waals surface area contributed by atoms with Gasteiger partial charge < -0.3 is 14.8 Å². The molecule has 2 atom stereocenters. The maximum atomic E-state index is 13.9. The number of para-hydroxylation sites is 1. The van der Waals surface area contributed by atoms with Gasteiger partial charge in [0.15, 0.2) is 0 Å². The summed E-state index contributed by atoms with van der Waals surface area (Å²) in [7, 11) is 3.16. The second kappa shape index (κ2) is 12.2. The number of amides is 2. The van der Waals surface area contributed by atoms with E-state index in [1.807, 2.05) is 43.3 Å². The number of nitrogens with one attached hydrogen (secondary N) is 2. The van der Waals surface area contributed by atoms with Crippen LogP contribution >= 0.6 is 0 Å². The molecule has 1 saturated heterocycles. The Morgan fingerprint density at radius 3 is 2.67 bits per heavy atom. The number of methoxy groups -OCH3 is 2. The summed E-state index contributed by atoms with van der Waals surface area (Å²) in [6, 6.07) is 15.2. The van der Waals surface area contributed by atoms with Gasteiger partial charge in [-0.2, -0.15) is 14.6 Å². The number of carbonyl (C=O) groups excluding carboxylic acids is 1. The van der Waals surface area contributed by atoms with Gasteiger partial charge in [0.2, 0.25) is 11.8 Å². The Morgan fingerprint density at radius 1 is 1.15 bits per heavy atom. The molecule has 0 unspecified atom stereocenters. The average molecular weight is 548 g/mol. The smallest absolute Gasteiger partial charge is 0.320 e. The lowest BCUT2D eigenvalue weighted by molar-refractivity contribution is -0.154. The maximum absolute atomic E-state index is 13.9. The van der Waals surface area contributed by atoms with Gasteiger partial charge >= 0.3 is 6.03 Å². The summed E-state index contributed by atoms with van der Waals surface area (Å²) in [4.78, 5) is 27.4. The number of urea groups is 1. The van der Waals surface area contributed by atoms with E-state index in [-0.39, 0.29) is 0 Å². The maximum Gasteiger partial charge on any atom is 0.320 e. The lowest BCUT2D eigenvalue weighted by Gasteiger charge is -2.19. The van der Waals surface area contributed by atoms with E-state index in [9.17, 15) is 9.18 Å². The Labute approximate surface area is 230 Å². The predicted octanol–water partition coefficient (Wildman–Crippen LogP) is 3.91. The number of aromatic nitrogens is 4. The third-order valence-corrected chi connectivity index (χ3v) is 6.54. The van der Waals surface area contributed by atoms with E-state index in [0.717, 1.165) is 16.8 Å². The summed E-state index contributed by atoms with van der Waals surface area (Å²) in [5.41, 5.74) is 3.53. The number of anilines is 1. The minimum Gasteiger partial charge on any atom is -0.481 e. The van der Waals surface area contributed by atoms with Crippen molar-refractivity contribution in [1.29, 1.82) is 0 Å². The predicted molar refractivity (Wildman–Crippen MR) is 145 cm³/mol. The SMILES string of the molecule is COCCN1C[C@@H](NC(=O)Nc2c(C)c(-c3ccc(OC)nc3)nn2-c2ccccc2)[C@H](c2ccnc(F)c2)O1. The summed E-state index contributed by atoms with van der Waals surface area (Å²) < 4.78 is 25.9. The lowest BCUT2D eigenvalue weighted by Crippen LogP contribution is -2.42. The van der Waals surface area contributed by atoms with Crippen molar-refractivity contribution in [3.63, 3.8) is 0 Å². The van der Waals surface area contributed by atoms with Gasteiger partial charge in [0, 0.05) is 49.8 Å². The quantitative estimate of drug-likeness (QED) is 0.303. The Balaban J connectivity index is 1.42. The summed E-state index contributed by atoms with van der Waals surface area (Å²) in [6.45, 7) is 3.19. The third-order valence-electron chi connectivity index (χ3n) is 6.54. The number of ether oxygens (including phenoxy) is 2. The normalized spacial score (nSPS) is 17.1. The zero-order valence-corrected chi connectivity index (χ0v) is 22.4. The van der Waals surface area contributed by atoms with Crippen molar-refractivity contribution in [1.82, 2.24) is 30.1 Å². The minimum absolute atomic E-state index is 0.380. The van der Waals surface area contributed by atoms with E-state index in [4.69, 9.17) is 19.4 Å². The van der Waals surface area contributed by atoms with Gasteiger partial charge in [-0.15, -0.1) is 0 Å². The highest BCUT2D eigenvalue weighted by molar-refractivity contribution is 5.91. The molecule has 2 amide bonds. The van der Waals surface area contributed by atoms with E-state index in [0.29, 0.717) is 42.7 Å². The van der Waals surface area contributed by atoms with Crippen LogP contribution in [0, 0.1) is 12.9 Å². The van der Waals surface area contributed by atoms with E-state index < -0.39 is 24.1 Å². The van der Waals surface area contributed by atoms with Crippen LogP contribution in [0.15, 0.2) is 67.0 Å². The van der Waals surface area contributed by atoms with E-state index >= 15 is 0 Å². The molecule has 4 aromatic rings. The standard InChI is InChI=1S/C28H30FN7O4/c1-18-25(20-9-10-24(39-3)31-16-20)34-36(21-7-5-4-6-8-21)27(18)33-28(37)32-22-17-35(13-14-38-2)40-26(22)19-11-12-30-23(29)15-19/h4-12,15-16,22,26H,13-14,17H2,1-3H3,(H2,32,33,37)/t22-,26+/m1/s1. The zero-order valence-electron chi connectivity index (χ0n) is 22.4. The summed E-state index contributed by atoms with van der Waals surface area (Å²) in [5.74, 6) is 0.363. The minimum atomic E-state index is -0.623. The van der Waals surface area contributed by atoms with Crippen molar-refractivity contribution in [2.75, 3.05) is 39.2 Å². The summed E-state index contributed by atoms with van der Waals surface area (Å²) in [6.07, 6.45) is 2.44. The molecule has 1 aliphatic rings. The first-order valence-corrected chi connectivity index (χ1v) is 12.7. The molecule has 1 aromatic carbocycles. The molecule has 0 saturated carbocycles. The molecule has 4 heterocycles. The van der Waals surface area contributed by atoms with Crippen molar-refractivity contribution in [3.05, 3.63) is 84.1 Å². The highest BCUT2D eigenvalue weighted by atomic mass is 19.1. The molecular weight excluding hydrogens is 517 g/mol. The molecule has 0 radical (unpaired) electrons. The van der Waals surface area contributed by atoms with Crippen molar-refractivity contribution in [2.24, 2.45) is 0 Å². The molecule has 0 spiro atoms. The van der Waals surface area contributed by atoms with Crippen LogP contribution in [0.1, 0.15) is 17.2 Å². The van der Waals surface area contributed by atoms with Crippen molar-refractivity contribution >= 4 is 11.8 Å². The Bertz CT molecular complexity index is 1450. The average Bonchev–Trinajstić information content (AvgIpc) is 3.52. The van der Waals surface area contributed by atoms with Crippen LogP contribution in [-0.2, 0) is 9.57 Å². The molecule has 1 aliphatic heterocycles. The molecule has 208 valence electrons. The fourth-order valence-corrected chi connectivity index (χ4v) is 4.56. The molecule has 40 heavy (non-hydrogen) atoms. The van der Waals surface area contributed by atoms with Crippen LogP contribution in [0.4, 0.5) is 15.0 Å². The molecule has 5 rings (SSSR count). The van der Waals surface area contributed by atoms with Gasteiger partial charge in [-0.3, -0.25) is 10.2 Å². The monoisotopic (exact) mass is 547 g/mol. The second-order valence-corrected chi connectivity index (χ2v) is 9.18. The fraction of sp³-hybridized carbons (Fsp3) is 0.286. The summed E-state index contributed by atoms with van der Waals surface area (Å²) >= 11 is 0. The molecule has 0 bridgehead atoms. The van der Waals surface area contributed by atoms with Gasteiger partial charge in [0.25, 0.3) is 0 Å². The lowest BCUT2D eigenvalue weighted by atomic mass is 10.0. The van der Waals surface area contributed by atoms with Gasteiger partial charge in [-0.25, -0.2) is 19.4 Å². The van der Waals surface area contributed by atoms with Crippen molar-refractivity contribution in [3.8, 4) is 22.8 Å². The first kappa shape index (κ1) is 27.2. The van der Waals surface area contributed by atoms with Crippen LogP contribution in [0.5, 0.6) is 5.88 Å². The van der Waals surface area contributed by atoms with Gasteiger partial charge in [-0.1, -0.05) is 18.2 Å². The van der Waals surface area contributed by atoms with E-state index in [2.05, 4.69) is 20.6 Å². The highest BCUT2D eigenvalue weighted by Gasteiger charge is 2.37. The van der Waals surface area contributed by atoms with E-state index in [1.54, 1.807) is 42.3 Å². The number of benzene rings is 1. The highest BCUT2D eigenvalue weighted by Crippen LogP contribution is 2.32. The number of nitrogens with zero attached hydrogens (tertiary/aromatic N) is 5. The molecule has 2 N–H and O–H groups in total. The second-order valence-electron chi connectivity index (χ2n) is 9.18. The van der Waals surface area contributed by atoms with Crippen LogP contribution in [0.25, 0.3) is 16.9 Å². The van der Waals surface area contributed by atoms with Gasteiger partial charge in [0.05, 0.1) is 31.1 Å². The number of halogens is 1. The van der Waals surface area contributed by atoms with Gasteiger partial charge in [-0.05, 0) is 42.8 Å². The summed E-state index contributed by atoms with van der Waals surface area (Å²) in [5, 5.41) is 12.5. The van der Waals surface area contributed by atoms with Crippen LogP contribution in [0.3, 0.4) is 0 Å². The number of hydrogen-bond acceptors (Lipinski definition) is 8. The number of carbonyl (C=O) groups is 1. The number of hydroxylamine groups is 2.